The van der Waals surface area contributed by atoms with Gasteiger partial charge in [0.05, 0.1) is 0 Å². The summed E-state index contributed by atoms with van der Waals surface area (Å²) in [6, 6.07) is 4.83. The molecule has 0 unspecified atom stereocenters. The van der Waals surface area contributed by atoms with E-state index in [0.717, 1.165) is 11.1 Å². The monoisotopic (exact) mass is 367 g/mol. The second-order valence-corrected chi connectivity index (χ2v) is 7.88. The smallest absolute Gasteiger partial charge is 0.252 e. The molecule has 1 aromatic carbocycles. The normalized spacial score (nSPS) is 18.5. The molecule has 1 aromatic rings. The minimum Gasteiger partial charge on any atom is -0.383 e. The summed E-state index contributed by atoms with van der Waals surface area (Å²) in [4.78, 5) is 26.2. The maximum Gasteiger partial charge on any atom is 0.252 e. The summed E-state index contributed by atoms with van der Waals surface area (Å²) in [6.45, 7) is 6.50. The van der Waals surface area contributed by atoms with Crippen LogP contribution in [0.4, 0.5) is 0 Å². The second-order valence-electron chi connectivity index (χ2n) is 7.44. The standard InChI is InChI=1S/C18H26ClN3O3/c1-18(2,3)15(23)17(25)22-7-6-14(22)16(24)21-10-12-8-13(19)5-4-11(12)9-20/h4-5,8,14-15,23H,6-7,9-10,20H2,1-3H3,(H,21,24)/t14-,15-/m0/s1. The summed E-state index contributed by atoms with van der Waals surface area (Å²) in [5, 5.41) is 13.6. The van der Waals surface area contributed by atoms with Gasteiger partial charge in [0.1, 0.15) is 12.1 Å². The molecule has 0 saturated carbocycles. The van der Waals surface area contributed by atoms with Crippen molar-refractivity contribution in [2.75, 3.05) is 6.54 Å². The quantitative estimate of drug-likeness (QED) is 0.733. The van der Waals surface area contributed by atoms with Crippen molar-refractivity contribution < 1.29 is 14.7 Å². The highest BCUT2D eigenvalue weighted by molar-refractivity contribution is 6.30. The molecule has 6 nitrogen and oxygen atoms in total. The largest absolute Gasteiger partial charge is 0.383 e. The van der Waals surface area contributed by atoms with Gasteiger partial charge < -0.3 is 21.1 Å². The van der Waals surface area contributed by atoms with E-state index in [0.29, 0.717) is 31.1 Å². The molecule has 1 heterocycles. The van der Waals surface area contributed by atoms with Gasteiger partial charge in [-0.3, -0.25) is 9.59 Å². The number of likely N-dealkylation sites (tertiary alicyclic amines) is 1. The van der Waals surface area contributed by atoms with Crippen LogP contribution in [0.15, 0.2) is 18.2 Å². The highest BCUT2D eigenvalue weighted by Crippen LogP contribution is 2.26. The first-order valence-electron chi connectivity index (χ1n) is 8.38. The van der Waals surface area contributed by atoms with E-state index >= 15 is 0 Å². The number of benzene rings is 1. The average Bonchev–Trinajstić information content (AvgIpc) is 2.50. The van der Waals surface area contributed by atoms with Gasteiger partial charge >= 0.3 is 0 Å². The van der Waals surface area contributed by atoms with Gasteiger partial charge in [-0.25, -0.2) is 0 Å². The van der Waals surface area contributed by atoms with Crippen molar-refractivity contribution in [3.63, 3.8) is 0 Å². The third kappa shape index (κ3) is 4.51. The third-order valence-electron chi connectivity index (χ3n) is 4.50. The van der Waals surface area contributed by atoms with Crippen LogP contribution in [-0.4, -0.2) is 40.5 Å². The number of amides is 2. The van der Waals surface area contributed by atoms with Crippen LogP contribution in [0.2, 0.25) is 5.02 Å². The first-order chi connectivity index (χ1) is 11.6. The van der Waals surface area contributed by atoms with Crippen LogP contribution in [0.1, 0.15) is 38.3 Å². The number of aliphatic hydroxyl groups excluding tert-OH is 1. The molecule has 0 aliphatic carbocycles. The van der Waals surface area contributed by atoms with Gasteiger partial charge in [-0.05, 0) is 35.1 Å². The summed E-state index contributed by atoms with van der Waals surface area (Å²) in [5.41, 5.74) is 6.91. The van der Waals surface area contributed by atoms with E-state index in [-0.39, 0.29) is 5.91 Å². The molecule has 0 bridgehead atoms. The molecule has 1 fully saturated rings. The van der Waals surface area contributed by atoms with Crippen molar-refractivity contribution in [3.05, 3.63) is 34.3 Å². The van der Waals surface area contributed by atoms with E-state index in [1.165, 1.54) is 4.90 Å². The molecule has 25 heavy (non-hydrogen) atoms. The molecular weight excluding hydrogens is 342 g/mol. The van der Waals surface area contributed by atoms with Gasteiger partial charge in [-0.15, -0.1) is 0 Å². The number of hydrogen-bond donors (Lipinski definition) is 3. The summed E-state index contributed by atoms with van der Waals surface area (Å²) >= 11 is 6.00. The van der Waals surface area contributed by atoms with E-state index in [4.69, 9.17) is 17.3 Å². The van der Waals surface area contributed by atoms with Crippen LogP contribution in [0.25, 0.3) is 0 Å². The zero-order valence-corrected chi connectivity index (χ0v) is 15.6. The number of rotatable bonds is 5. The Morgan fingerprint density at radius 2 is 2.08 bits per heavy atom. The van der Waals surface area contributed by atoms with Crippen LogP contribution in [0.3, 0.4) is 0 Å². The Hall–Kier alpha value is -1.63. The van der Waals surface area contributed by atoms with Crippen molar-refractivity contribution in [2.45, 2.75) is 52.4 Å². The van der Waals surface area contributed by atoms with Crippen LogP contribution in [-0.2, 0) is 22.7 Å². The molecule has 0 radical (unpaired) electrons. The lowest BCUT2D eigenvalue weighted by molar-refractivity contribution is -0.158. The molecular formula is C18H26ClN3O3. The van der Waals surface area contributed by atoms with Crippen molar-refractivity contribution in [2.24, 2.45) is 11.1 Å². The molecule has 2 amide bonds. The van der Waals surface area contributed by atoms with Gasteiger partial charge in [0.25, 0.3) is 5.91 Å². The van der Waals surface area contributed by atoms with Gasteiger partial charge in [-0.2, -0.15) is 0 Å². The van der Waals surface area contributed by atoms with E-state index in [2.05, 4.69) is 5.32 Å². The molecule has 1 aliphatic rings. The zero-order valence-electron chi connectivity index (χ0n) is 14.9. The maximum atomic E-state index is 12.4. The number of carbonyl (C=O) groups excluding carboxylic acids is 2. The molecule has 0 aromatic heterocycles. The number of nitrogens with zero attached hydrogens (tertiary/aromatic N) is 1. The van der Waals surface area contributed by atoms with Crippen LogP contribution >= 0.6 is 11.6 Å². The Balaban J connectivity index is 1.98. The Morgan fingerprint density at radius 3 is 2.60 bits per heavy atom. The zero-order chi connectivity index (χ0) is 18.8. The van der Waals surface area contributed by atoms with Crippen LogP contribution in [0.5, 0.6) is 0 Å². The predicted octanol–water partition coefficient (Wildman–Crippen LogP) is 1.42. The van der Waals surface area contributed by atoms with Gasteiger partial charge in [-0.1, -0.05) is 38.4 Å². The SMILES string of the molecule is CC(C)(C)[C@@H](O)C(=O)N1CC[C@H]1C(=O)NCc1cc(Cl)ccc1CN. The van der Waals surface area contributed by atoms with E-state index < -0.39 is 23.5 Å². The summed E-state index contributed by atoms with van der Waals surface area (Å²) in [6.07, 6.45) is -0.534. The lowest BCUT2D eigenvalue weighted by Crippen LogP contribution is -2.61. The fourth-order valence-electron chi connectivity index (χ4n) is 2.71. The Bertz CT molecular complexity index is 657. The Labute approximate surface area is 153 Å². The minimum absolute atomic E-state index is 0.233. The predicted molar refractivity (Wildman–Crippen MR) is 96.8 cm³/mol. The van der Waals surface area contributed by atoms with Crippen molar-refractivity contribution in [1.82, 2.24) is 10.2 Å². The Kier molecular flexibility index (Phi) is 6.08. The summed E-state index contributed by atoms with van der Waals surface area (Å²) < 4.78 is 0. The molecule has 1 aliphatic heterocycles. The second kappa shape index (κ2) is 7.72. The van der Waals surface area contributed by atoms with Gasteiger partial charge in [0.2, 0.25) is 5.91 Å². The average molecular weight is 368 g/mol. The van der Waals surface area contributed by atoms with Crippen LogP contribution in [0, 0.1) is 5.41 Å². The highest BCUT2D eigenvalue weighted by atomic mass is 35.5. The van der Waals surface area contributed by atoms with E-state index in [9.17, 15) is 14.7 Å². The van der Waals surface area contributed by atoms with E-state index in [1.807, 2.05) is 6.07 Å². The number of hydrogen-bond acceptors (Lipinski definition) is 4. The lowest BCUT2D eigenvalue weighted by Gasteiger charge is -2.42. The topological polar surface area (TPSA) is 95.7 Å². The first kappa shape index (κ1) is 19.7. The molecule has 7 heteroatoms. The van der Waals surface area contributed by atoms with Crippen LogP contribution < -0.4 is 11.1 Å². The molecule has 138 valence electrons. The Morgan fingerprint density at radius 1 is 1.40 bits per heavy atom. The number of carbonyl (C=O) groups is 2. The van der Waals surface area contributed by atoms with E-state index in [1.54, 1.807) is 32.9 Å². The van der Waals surface area contributed by atoms with Crippen molar-refractivity contribution >= 4 is 23.4 Å². The highest BCUT2D eigenvalue weighted by Gasteiger charge is 2.42. The van der Waals surface area contributed by atoms with Gasteiger partial charge in [0.15, 0.2) is 0 Å². The molecule has 2 atom stereocenters. The van der Waals surface area contributed by atoms with Gasteiger partial charge in [0, 0.05) is 24.7 Å². The molecule has 1 saturated heterocycles. The third-order valence-corrected chi connectivity index (χ3v) is 4.74. The molecule has 2 rings (SSSR count). The summed E-state index contributed by atoms with van der Waals surface area (Å²) in [5.74, 6) is -0.632. The van der Waals surface area contributed by atoms with Crippen molar-refractivity contribution in [1.29, 1.82) is 0 Å². The number of aliphatic hydroxyl groups is 1. The van der Waals surface area contributed by atoms with Crippen molar-refractivity contribution in [3.8, 4) is 0 Å². The maximum absolute atomic E-state index is 12.4. The summed E-state index contributed by atoms with van der Waals surface area (Å²) in [7, 11) is 0. The minimum atomic E-state index is -1.13. The fraction of sp³-hybridized carbons (Fsp3) is 0.556. The number of nitrogens with one attached hydrogen (secondary N) is 1. The molecule has 0 spiro atoms. The number of halogens is 1. The fourth-order valence-corrected chi connectivity index (χ4v) is 2.90. The number of nitrogens with two attached hydrogens (primary N) is 1. The first-order valence-corrected chi connectivity index (χ1v) is 8.76. The molecule has 4 N–H and O–H groups in total. The lowest BCUT2D eigenvalue weighted by atomic mass is 9.87.